The molecule has 0 atom stereocenters. The molecule has 2 rings (SSSR count). The summed E-state index contributed by atoms with van der Waals surface area (Å²) in [6.45, 7) is 0.324. The first-order valence-corrected chi connectivity index (χ1v) is 9.30. The predicted octanol–water partition coefficient (Wildman–Crippen LogP) is 5.02. The first-order valence-electron chi connectivity index (χ1n) is 7.94. The van der Waals surface area contributed by atoms with E-state index in [4.69, 9.17) is 16.3 Å². The molecule has 0 aromatic heterocycles. The van der Waals surface area contributed by atoms with E-state index >= 15 is 0 Å². The zero-order valence-electron chi connectivity index (χ0n) is 14.3. The van der Waals surface area contributed by atoms with Crippen LogP contribution in [-0.4, -0.2) is 30.7 Å². The molecule has 0 spiro atoms. The lowest BCUT2D eigenvalue weighted by Gasteiger charge is -2.19. The van der Waals surface area contributed by atoms with Crippen molar-refractivity contribution in [2.75, 3.05) is 19.9 Å². The minimum atomic E-state index is -0.337. The van der Waals surface area contributed by atoms with Crippen molar-refractivity contribution in [3.63, 3.8) is 0 Å². The molecule has 0 bridgehead atoms. The molecule has 0 N–H and O–H groups in total. The molecule has 134 valence electrons. The first kappa shape index (κ1) is 19.6. The molecule has 0 saturated heterocycles. The summed E-state index contributed by atoms with van der Waals surface area (Å²) in [5.41, 5.74) is 0.661. The van der Waals surface area contributed by atoms with Crippen molar-refractivity contribution in [3.05, 3.63) is 58.9 Å². The maximum absolute atomic E-state index is 13.4. The van der Waals surface area contributed by atoms with E-state index in [1.54, 1.807) is 29.8 Å². The molecule has 1 amide bonds. The molecule has 6 heteroatoms. The average molecular weight is 382 g/mol. The van der Waals surface area contributed by atoms with Crippen LogP contribution in [0.2, 0.25) is 5.02 Å². The molecule has 0 radical (unpaired) electrons. The number of carbonyl (C=O) groups excluding carboxylic acids is 1. The lowest BCUT2D eigenvalue weighted by atomic mass is 10.1. The Morgan fingerprint density at radius 3 is 2.64 bits per heavy atom. The highest BCUT2D eigenvalue weighted by molar-refractivity contribution is 7.99. The third-order valence-electron chi connectivity index (χ3n) is 3.69. The normalized spacial score (nSPS) is 10.6. The number of amides is 1. The number of halogens is 2. The monoisotopic (exact) mass is 381 g/mol. The Hall–Kier alpha value is -1.72. The molecule has 0 aliphatic rings. The Morgan fingerprint density at radius 2 is 1.96 bits per heavy atom. The van der Waals surface area contributed by atoms with Gasteiger partial charge in [0.05, 0.1) is 7.11 Å². The van der Waals surface area contributed by atoms with E-state index in [2.05, 4.69) is 0 Å². The molecular weight excluding hydrogens is 361 g/mol. The van der Waals surface area contributed by atoms with Crippen molar-refractivity contribution in [2.45, 2.75) is 24.3 Å². The van der Waals surface area contributed by atoms with Gasteiger partial charge in [-0.2, -0.15) is 0 Å². The van der Waals surface area contributed by atoms with Gasteiger partial charge < -0.3 is 9.64 Å². The van der Waals surface area contributed by atoms with Gasteiger partial charge in [-0.1, -0.05) is 11.6 Å². The van der Waals surface area contributed by atoms with E-state index in [0.717, 1.165) is 17.1 Å². The van der Waals surface area contributed by atoms with Crippen LogP contribution in [-0.2, 0) is 11.3 Å². The number of rotatable bonds is 8. The van der Waals surface area contributed by atoms with E-state index in [1.165, 1.54) is 19.2 Å². The van der Waals surface area contributed by atoms with Crippen LogP contribution in [0, 0.1) is 5.82 Å². The van der Waals surface area contributed by atoms with Crippen LogP contribution in [0.3, 0.4) is 0 Å². The van der Waals surface area contributed by atoms with E-state index in [0.29, 0.717) is 29.3 Å². The Balaban J connectivity index is 1.78. The Kier molecular flexibility index (Phi) is 7.59. The van der Waals surface area contributed by atoms with Gasteiger partial charge in [-0.15, -0.1) is 11.8 Å². The SMILES string of the molecule is COc1ccc(F)cc1CN(C)C(=O)CCCSc1ccc(Cl)cc1. The molecule has 25 heavy (non-hydrogen) atoms. The fraction of sp³-hybridized carbons (Fsp3) is 0.316. The topological polar surface area (TPSA) is 29.5 Å². The summed E-state index contributed by atoms with van der Waals surface area (Å²) in [4.78, 5) is 15.0. The second-order valence-corrected chi connectivity index (χ2v) is 7.22. The van der Waals surface area contributed by atoms with Crippen LogP contribution in [0.1, 0.15) is 18.4 Å². The highest BCUT2D eigenvalue weighted by atomic mass is 35.5. The van der Waals surface area contributed by atoms with Gasteiger partial charge in [-0.25, -0.2) is 4.39 Å². The third kappa shape index (κ3) is 6.25. The van der Waals surface area contributed by atoms with Gasteiger partial charge in [-0.05, 0) is 54.6 Å². The van der Waals surface area contributed by atoms with Crippen LogP contribution in [0.25, 0.3) is 0 Å². The number of nitrogens with zero attached hydrogens (tertiary/aromatic N) is 1. The number of thioether (sulfide) groups is 1. The summed E-state index contributed by atoms with van der Waals surface area (Å²) in [5, 5.41) is 0.717. The lowest BCUT2D eigenvalue weighted by molar-refractivity contribution is -0.130. The molecule has 0 saturated carbocycles. The number of hydrogen-bond acceptors (Lipinski definition) is 3. The molecule has 0 unspecified atom stereocenters. The number of methoxy groups -OCH3 is 1. The fourth-order valence-corrected chi connectivity index (χ4v) is 3.33. The first-order chi connectivity index (χ1) is 12.0. The van der Waals surface area contributed by atoms with Crippen LogP contribution >= 0.6 is 23.4 Å². The summed E-state index contributed by atoms with van der Waals surface area (Å²) in [6, 6.07) is 12.0. The fourth-order valence-electron chi connectivity index (χ4n) is 2.35. The molecular formula is C19H21ClFNO2S. The van der Waals surface area contributed by atoms with E-state index in [-0.39, 0.29) is 11.7 Å². The van der Waals surface area contributed by atoms with Crippen molar-refractivity contribution in [2.24, 2.45) is 0 Å². The van der Waals surface area contributed by atoms with E-state index in [1.807, 2.05) is 24.3 Å². The highest BCUT2D eigenvalue weighted by Gasteiger charge is 2.12. The molecule has 0 aliphatic heterocycles. The Bertz CT molecular complexity index is 709. The van der Waals surface area contributed by atoms with Gasteiger partial charge in [0.25, 0.3) is 0 Å². The summed E-state index contributed by atoms with van der Waals surface area (Å²) < 4.78 is 18.6. The number of benzene rings is 2. The average Bonchev–Trinajstić information content (AvgIpc) is 2.60. The predicted molar refractivity (Wildman–Crippen MR) is 101 cm³/mol. The van der Waals surface area contributed by atoms with Crippen molar-refractivity contribution in [1.29, 1.82) is 0 Å². The van der Waals surface area contributed by atoms with E-state index in [9.17, 15) is 9.18 Å². The van der Waals surface area contributed by atoms with Crippen LogP contribution < -0.4 is 4.74 Å². The minimum Gasteiger partial charge on any atom is -0.496 e. The van der Waals surface area contributed by atoms with Crippen molar-refractivity contribution in [1.82, 2.24) is 4.90 Å². The summed E-state index contributed by atoms with van der Waals surface area (Å²) in [5.74, 6) is 1.13. The molecule has 0 fully saturated rings. The zero-order chi connectivity index (χ0) is 18.2. The second kappa shape index (κ2) is 9.68. The number of ether oxygens (including phenoxy) is 1. The van der Waals surface area contributed by atoms with Gasteiger partial charge >= 0.3 is 0 Å². The van der Waals surface area contributed by atoms with Gasteiger partial charge in [0, 0.05) is 35.5 Å². The largest absolute Gasteiger partial charge is 0.496 e. The third-order valence-corrected chi connectivity index (χ3v) is 5.04. The van der Waals surface area contributed by atoms with Crippen molar-refractivity contribution >= 4 is 29.3 Å². The molecule has 2 aromatic rings. The smallest absolute Gasteiger partial charge is 0.222 e. The highest BCUT2D eigenvalue weighted by Crippen LogP contribution is 2.23. The molecule has 3 nitrogen and oxygen atoms in total. The summed E-state index contributed by atoms with van der Waals surface area (Å²) in [7, 11) is 3.26. The number of hydrogen-bond donors (Lipinski definition) is 0. The molecule has 0 heterocycles. The maximum Gasteiger partial charge on any atom is 0.222 e. The maximum atomic E-state index is 13.4. The lowest BCUT2D eigenvalue weighted by Crippen LogP contribution is -2.26. The summed E-state index contributed by atoms with van der Waals surface area (Å²) >= 11 is 7.55. The van der Waals surface area contributed by atoms with Crippen molar-refractivity contribution in [3.8, 4) is 5.75 Å². The Morgan fingerprint density at radius 1 is 1.24 bits per heavy atom. The zero-order valence-corrected chi connectivity index (χ0v) is 15.9. The van der Waals surface area contributed by atoms with Crippen LogP contribution in [0.5, 0.6) is 5.75 Å². The summed E-state index contributed by atoms with van der Waals surface area (Å²) in [6.07, 6.45) is 1.23. The van der Waals surface area contributed by atoms with Crippen LogP contribution in [0.15, 0.2) is 47.4 Å². The molecule has 2 aromatic carbocycles. The van der Waals surface area contributed by atoms with Gasteiger partial charge in [0.1, 0.15) is 11.6 Å². The second-order valence-electron chi connectivity index (χ2n) is 5.61. The van der Waals surface area contributed by atoms with Gasteiger partial charge in [-0.3, -0.25) is 4.79 Å². The van der Waals surface area contributed by atoms with Gasteiger partial charge in [0.2, 0.25) is 5.91 Å². The van der Waals surface area contributed by atoms with Crippen LogP contribution in [0.4, 0.5) is 4.39 Å². The van der Waals surface area contributed by atoms with Gasteiger partial charge in [0.15, 0.2) is 0 Å². The van der Waals surface area contributed by atoms with E-state index < -0.39 is 0 Å². The quantitative estimate of drug-likeness (QED) is 0.475. The van der Waals surface area contributed by atoms with Crippen molar-refractivity contribution < 1.29 is 13.9 Å². The Labute approximate surface area is 157 Å². The molecule has 0 aliphatic carbocycles. The number of carbonyl (C=O) groups is 1. The minimum absolute atomic E-state index is 0.0306. The standard InChI is InChI=1S/C19H21ClFNO2S/c1-22(13-14-12-16(21)7-10-18(14)24-2)19(23)4-3-11-25-17-8-5-15(20)6-9-17/h5-10,12H,3-4,11,13H2,1-2H3.